The fourth-order valence-corrected chi connectivity index (χ4v) is 2.86. The van der Waals surface area contributed by atoms with Crippen molar-refractivity contribution in [2.24, 2.45) is 11.8 Å². The minimum absolute atomic E-state index is 0.704. The maximum atomic E-state index is 3.45. The maximum absolute atomic E-state index is 3.45. The summed E-state index contributed by atoms with van der Waals surface area (Å²) in [4.78, 5) is 0. The second kappa shape index (κ2) is 2.14. The molecule has 1 aliphatic rings. The Morgan fingerprint density at radius 3 is 1.62 bits per heavy atom. The molecule has 0 heterocycles. The number of hydrogen-bond donors (Lipinski definition) is 0. The van der Waals surface area contributed by atoms with Crippen molar-refractivity contribution in [3.63, 3.8) is 0 Å². The monoisotopic (exact) mass is 238 g/mol. The summed E-state index contributed by atoms with van der Waals surface area (Å²) >= 11 is 6.89. The molecule has 0 unspecified atom stereocenters. The summed E-state index contributed by atoms with van der Waals surface area (Å²) in [6.07, 6.45) is 0. The van der Waals surface area contributed by atoms with Crippen LogP contribution in [0.15, 0.2) is 8.96 Å². The summed E-state index contributed by atoms with van der Waals surface area (Å²) in [5.74, 6) is 1.45. The Labute approximate surface area is 66.6 Å². The lowest BCUT2D eigenvalue weighted by Gasteiger charge is -1.98. The van der Waals surface area contributed by atoms with Crippen LogP contribution in [0.3, 0.4) is 0 Å². The zero-order valence-corrected chi connectivity index (χ0v) is 8.08. The summed E-state index contributed by atoms with van der Waals surface area (Å²) in [5, 5.41) is 0. The fourth-order valence-electron chi connectivity index (χ4n) is 0.772. The molecule has 0 aromatic heterocycles. The zero-order chi connectivity index (χ0) is 6.31. The quantitative estimate of drug-likeness (QED) is 0.659. The van der Waals surface area contributed by atoms with Gasteiger partial charge in [0, 0.05) is 14.9 Å². The van der Waals surface area contributed by atoms with Gasteiger partial charge in [-0.15, -0.1) is 0 Å². The van der Waals surface area contributed by atoms with E-state index in [1.54, 1.807) is 0 Å². The molecule has 46 valence electrons. The number of hydrogen-bond acceptors (Lipinski definition) is 0. The first-order valence-corrected chi connectivity index (χ1v) is 4.28. The van der Waals surface area contributed by atoms with Crippen molar-refractivity contribution in [1.82, 2.24) is 0 Å². The highest BCUT2D eigenvalue weighted by molar-refractivity contribution is 9.15. The van der Waals surface area contributed by atoms with Crippen LogP contribution in [0.25, 0.3) is 0 Å². The summed E-state index contributed by atoms with van der Waals surface area (Å²) in [5.41, 5.74) is 0. The predicted molar refractivity (Wildman–Crippen MR) is 43.2 cm³/mol. The highest BCUT2D eigenvalue weighted by Crippen LogP contribution is 2.51. The average Bonchev–Trinajstić information content (AvgIpc) is 2.15. The van der Waals surface area contributed by atoms with Gasteiger partial charge < -0.3 is 0 Å². The van der Waals surface area contributed by atoms with E-state index in [0.717, 1.165) is 5.92 Å². The molecule has 0 aromatic carbocycles. The Balaban J connectivity index is 2.42. The van der Waals surface area contributed by atoms with E-state index in [4.69, 9.17) is 0 Å². The molecule has 0 N–H and O–H groups in total. The van der Waals surface area contributed by atoms with E-state index in [0.29, 0.717) is 5.92 Å². The topological polar surface area (TPSA) is 0 Å². The van der Waals surface area contributed by atoms with Gasteiger partial charge in [0.1, 0.15) is 0 Å². The van der Waals surface area contributed by atoms with Crippen molar-refractivity contribution in [1.29, 1.82) is 0 Å². The Morgan fingerprint density at radius 1 is 1.25 bits per heavy atom. The van der Waals surface area contributed by atoms with Crippen LogP contribution in [0.1, 0.15) is 13.8 Å². The molecule has 0 bridgehead atoms. The molecule has 0 saturated carbocycles. The largest absolute Gasteiger partial charge is 0.0618 e. The second-order valence-electron chi connectivity index (χ2n) is 2.42. The number of rotatable bonds is 1. The molecule has 0 amide bonds. The first-order chi connectivity index (χ1) is 3.64. The molecule has 0 aliphatic heterocycles. The van der Waals surface area contributed by atoms with Gasteiger partial charge >= 0.3 is 0 Å². The van der Waals surface area contributed by atoms with Gasteiger partial charge in [-0.3, -0.25) is 0 Å². The van der Waals surface area contributed by atoms with E-state index < -0.39 is 0 Å². The Hall–Kier alpha value is 0.700. The first-order valence-electron chi connectivity index (χ1n) is 2.69. The van der Waals surface area contributed by atoms with Crippen molar-refractivity contribution >= 4 is 31.9 Å². The molecule has 0 aromatic rings. The summed E-state index contributed by atoms with van der Waals surface area (Å²) in [6, 6.07) is 0. The Bertz CT molecular complexity index is 123. The minimum atomic E-state index is 0.704. The van der Waals surface area contributed by atoms with Gasteiger partial charge in [0.15, 0.2) is 0 Å². The minimum Gasteiger partial charge on any atom is -0.0618 e. The summed E-state index contributed by atoms with van der Waals surface area (Å²) in [6.45, 7) is 4.44. The van der Waals surface area contributed by atoms with Gasteiger partial charge in [0.25, 0.3) is 0 Å². The van der Waals surface area contributed by atoms with Crippen LogP contribution in [0, 0.1) is 11.8 Å². The van der Waals surface area contributed by atoms with Crippen LogP contribution in [0.4, 0.5) is 0 Å². The van der Waals surface area contributed by atoms with E-state index in [1.165, 1.54) is 8.96 Å². The SMILES string of the molecule is CC(C)C1C(Br)=C1Br. The molecule has 2 heteroatoms. The van der Waals surface area contributed by atoms with E-state index in [1.807, 2.05) is 0 Å². The molecule has 0 saturated heterocycles. The third-order valence-corrected chi connectivity index (χ3v) is 3.73. The normalized spacial score (nSPS) is 20.6. The average molecular weight is 240 g/mol. The van der Waals surface area contributed by atoms with Crippen LogP contribution in [0.5, 0.6) is 0 Å². The molecule has 0 nitrogen and oxygen atoms in total. The van der Waals surface area contributed by atoms with Crippen molar-refractivity contribution in [2.75, 3.05) is 0 Å². The Kier molecular flexibility index (Phi) is 1.83. The van der Waals surface area contributed by atoms with Gasteiger partial charge in [-0.1, -0.05) is 45.7 Å². The van der Waals surface area contributed by atoms with E-state index in [-0.39, 0.29) is 0 Å². The molecular formula is C6H8Br2. The maximum Gasteiger partial charge on any atom is 0.0261 e. The molecule has 0 atom stereocenters. The van der Waals surface area contributed by atoms with Gasteiger partial charge in [-0.2, -0.15) is 0 Å². The van der Waals surface area contributed by atoms with Gasteiger partial charge in [0.05, 0.1) is 0 Å². The van der Waals surface area contributed by atoms with Gasteiger partial charge in [-0.05, 0) is 5.92 Å². The van der Waals surface area contributed by atoms with Crippen molar-refractivity contribution in [3.05, 3.63) is 8.96 Å². The van der Waals surface area contributed by atoms with Crippen molar-refractivity contribution in [3.8, 4) is 0 Å². The zero-order valence-electron chi connectivity index (χ0n) is 4.91. The number of allylic oxidation sites excluding steroid dienone is 2. The Morgan fingerprint density at radius 2 is 1.62 bits per heavy atom. The van der Waals surface area contributed by atoms with Gasteiger partial charge in [0.2, 0.25) is 0 Å². The third-order valence-electron chi connectivity index (χ3n) is 1.36. The standard InChI is InChI=1S/C6H8Br2/c1-3(2)4-5(7)6(4)8/h3-4H,1-2H3. The van der Waals surface area contributed by atoms with Gasteiger partial charge in [-0.25, -0.2) is 0 Å². The lowest BCUT2D eigenvalue weighted by atomic mass is 10.1. The van der Waals surface area contributed by atoms with Crippen molar-refractivity contribution in [2.45, 2.75) is 13.8 Å². The lowest BCUT2D eigenvalue weighted by molar-refractivity contribution is 0.596. The van der Waals surface area contributed by atoms with E-state index in [2.05, 4.69) is 45.7 Å². The van der Waals surface area contributed by atoms with E-state index >= 15 is 0 Å². The molecule has 0 spiro atoms. The predicted octanol–water partition coefficient (Wildman–Crippen LogP) is 3.27. The second-order valence-corrected chi connectivity index (χ2v) is 4.13. The van der Waals surface area contributed by atoms with Crippen molar-refractivity contribution < 1.29 is 0 Å². The molecule has 8 heavy (non-hydrogen) atoms. The molecule has 0 radical (unpaired) electrons. The van der Waals surface area contributed by atoms with Crippen LogP contribution < -0.4 is 0 Å². The summed E-state index contributed by atoms with van der Waals surface area (Å²) in [7, 11) is 0. The molecule has 0 fully saturated rings. The lowest BCUT2D eigenvalue weighted by Crippen LogP contribution is -1.91. The van der Waals surface area contributed by atoms with Crippen LogP contribution >= 0.6 is 31.9 Å². The highest BCUT2D eigenvalue weighted by Gasteiger charge is 2.34. The smallest absolute Gasteiger partial charge is 0.0261 e. The van der Waals surface area contributed by atoms with E-state index in [9.17, 15) is 0 Å². The first kappa shape index (κ1) is 6.81. The summed E-state index contributed by atoms with van der Waals surface area (Å²) < 4.78 is 2.71. The van der Waals surface area contributed by atoms with Crippen LogP contribution in [0.2, 0.25) is 0 Å². The number of halogens is 2. The third kappa shape index (κ3) is 1.01. The fraction of sp³-hybridized carbons (Fsp3) is 0.667. The molecular weight excluding hydrogens is 232 g/mol. The highest BCUT2D eigenvalue weighted by atomic mass is 79.9. The molecule has 1 rings (SSSR count). The molecule has 1 aliphatic carbocycles. The van der Waals surface area contributed by atoms with Crippen LogP contribution in [-0.2, 0) is 0 Å². The van der Waals surface area contributed by atoms with Crippen LogP contribution in [-0.4, -0.2) is 0 Å².